The van der Waals surface area contributed by atoms with Crippen molar-refractivity contribution in [2.24, 2.45) is 0 Å². The van der Waals surface area contributed by atoms with E-state index in [1.165, 1.54) is 64.7 Å². The molecule has 0 bridgehead atoms. The molecule has 0 spiro atoms. The molecule has 0 aliphatic carbocycles. The Bertz CT molecular complexity index is 80.3. The van der Waals surface area contributed by atoms with Gasteiger partial charge in [0, 0.05) is 21.7 Å². The van der Waals surface area contributed by atoms with Crippen LogP contribution in [0.15, 0.2) is 0 Å². The number of nitrogens with zero attached hydrogens (tertiary/aromatic N) is 1. The van der Waals surface area contributed by atoms with Gasteiger partial charge in [0.05, 0.1) is 0 Å². The Morgan fingerprint density at radius 1 is 0.588 bits per heavy atom. The maximum atomic E-state index is 4.53. The molecule has 0 atom stereocenters. The van der Waals surface area contributed by atoms with Crippen LogP contribution in [0.3, 0.4) is 0 Å². The van der Waals surface area contributed by atoms with Crippen LogP contribution in [0.5, 0.6) is 0 Å². The standard InChI is InChI=1S/C12H26N3.ClH.Ti/c1-2-8-14-10-5-6-12-15-11-4-3-9-13-7-1;;/h13-14H,1-12H2;1H;/q-1;;. The van der Waals surface area contributed by atoms with Crippen molar-refractivity contribution in [2.75, 3.05) is 39.3 Å². The molecule has 1 aliphatic heterocycles. The van der Waals surface area contributed by atoms with Gasteiger partial charge in [-0.3, -0.25) is 0 Å². The van der Waals surface area contributed by atoms with Gasteiger partial charge in [-0.2, -0.15) is 0 Å². The molecule has 0 aromatic carbocycles. The first-order valence-corrected chi connectivity index (χ1v) is 6.55. The van der Waals surface area contributed by atoms with Crippen LogP contribution in [0.4, 0.5) is 0 Å². The molecule has 0 aromatic rings. The number of rotatable bonds is 0. The first-order valence-electron chi connectivity index (χ1n) is 6.55. The van der Waals surface area contributed by atoms with Gasteiger partial charge in [0.1, 0.15) is 0 Å². The van der Waals surface area contributed by atoms with Crippen LogP contribution in [0.25, 0.3) is 5.32 Å². The Kier molecular flexibility index (Phi) is 20.1. The van der Waals surface area contributed by atoms with Crippen molar-refractivity contribution in [2.45, 2.75) is 38.5 Å². The third-order valence-corrected chi connectivity index (χ3v) is 2.80. The van der Waals surface area contributed by atoms with E-state index in [-0.39, 0.29) is 34.1 Å². The van der Waals surface area contributed by atoms with E-state index < -0.39 is 0 Å². The molecule has 17 heavy (non-hydrogen) atoms. The normalized spacial score (nSPS) is 21.2. The Labute approximate surface area is 128 Å². The third-order valence-electron chi connectivity index (χ3n) is 2.80. The zero-order valence-electron chi connectivity index (χ0n) is 10.8. The molecule has 1 heterocycles. The van der Waals surface area contributed by atoms with Crippen LogP contribution >= 0.6 is 12.4 Å². The Balaban J connectivity index is 0. The van der Waals surface area contributed by atoms with Crippen molar-refractivity contribution in [3.05, 3.63) is 5.32 Å². The second kappa shape index (κ2) is 16.9. The number of hydrogen-bond donors (Lipinski definition) is 2. The predicted molar refractivity (Wildman–Crippen MR) is 73.8 cm³/mol. The van der Waals surface area contributed by atoms with Crippen LogP contribution in [0.1, 0.15) is 38.5 Å². The fourth-order valence-electron chi connectivity index (χ4n) is 1.81. The largest absolute Gasteiger partial charge is 0.662 e. The van der Waals surface area contributed by atoms with Gasteiger partial charge >= 0.3 is 0 Å². The van der Waals surface area contributed by atoms with Crippen LogP contribution in [-0.4, -0.2) is 39.3 Å². The summed E-state index contributed by atoms with van der Waals surface area (Å²) >= 11 is 0. The van der Waals surface area contributed by atoms with E-state index in [9.17, 15) is 0 Å². The molecule has 1 fully saturated rings. The van der Waals surface area contributed by atoms with Crippen molar-refractivity contribution in [1.82, 2.24) is 10.6 Å². The van der Waals surface area contributed by atoms with Gasteiger partial charge in [0.2, 0.25) is 0 Å². The van der Waals surface area contributed by atoms with Crippen molar-refractivity contribution in [1.29, 1.82) is 0 Å². The van der Waals surface area contributed by atoms with E-state index in [1.54, 1.807) is 0 Å². The maximum Gasteiger partial charge on any atom is 0 e. The van der Waals surface area contributed by atoms with E-state index in [0.717, 1.165) is 13.1 Å². The molecule has 3 nitrogen and oxygen atoms in total. The van der Waals surface area contributed by atoms with Crippen LogP contribution in [0.2, 0.25) is 0 Å². The predicted octanol–water partition coefficient (Wildman–Crippen LogP) is 2.31. The maximum absolute atomic E-state index is 4.53. The Morgan fingerprint density at radius 3 is 1.35 bits per heavy atom. The van der Waals surface area contributed by atoms with Crippen molar-refractivity contribution in [3.8, 4) is 0 Å². The first-order chi connectivity index (χ1) is 7.50. The molecular formula is C12H27ClN3Ti-. The van der Waals surface area contributed by atoms with E-state index in [0.29, 0.717) is 0 Å². The minimum Gasteiger partial charge on any atom is -0.662 e. The summed E-state index contributed by atoms with van der Waals surface area (Å²) in [6, 6.07) is 0. The average molecular weight is 297 g/mol. The summed E-state index contributed by atoms with van der Waals surface area (Å²) in [5.74, 6) is 0. The SMILES string of the molecule is C1CCNCCCCNCCCC[N-]C1.Cl.[Ti]. The van der Waals surface area contributed by atoms with Crippen LogP contribution in [-0.2, 0) is 21.7 Å². The number of nitrogens with one attached hydrogen (secondary N) is 2. The molecule has 0 radical (unpaired) electrons. The summed E-state index contributed by atoms with van der Waals surface area (Å²) in [6.45, 7) is 6.83. The Morgan fingerprint density at radius 2 is 0.941 bits per heavy atom. The minimum absolute atomic E-state index is 0. The van der Waals surface area contributed by atoms with Gasteiger partial charge in [-0.15, -0.1) is 25.5 Å². The molecule has 0 unspecified atom stereocenters. The fourth-order valence-corrected chi connectivity index (χ4v) is 1.81. The van der Waals surface area contributed by atoms with Crippen molar-refractivity contribution >= 4 is 12.4 Å². The Hall–Kier alpha value is 0.884. The van der Waals surface area contributed by atoms with Crippen LogP contribution in [0, 0.1) is 0 Å². The molecule has 5 heteroatoms. The smallest absolute Gasteiger partial charge is 0 e. The molecule has 2 N–H and O–H groups in total. The molecule has 1 aliphatic rings. The number of halogens is 1. The van der Waals surface area contributed by atoms with Gasteiger partial charge in [0.25, 0.3) is 0 Å². The zero-order chi connectivity index (χ0) is 10.6. The summed E-state index contributed by atoms with van der Waals surface area (Å²) in [5.41, 5.74) is 0. The van der Waals surface area contributed by atoms with Gasteiger partial charge in [-0.1, -0.05) is 12.8 Å². The molecule has 1 rings (SSSR count). The van der Waals surface area contributed by atoms with E-state index in [2.05, 4.69) is 16.0 Å². The summed E-state index contributed by atoms with van der Waals surface area (Å²) in [4.78, 5) is 0. The van der Waals surface area contributed by atoms with Gasteiger partial charge in [-0.05, 0) is 51.9 Å². The van der Waals surface area contributed by atoms with Gasteiger partial charge < -0.3 is 16.0 Å². The zero-order valence-corrected chi connectivity index (χ0v) is 13.2. The van der Waals surface area contributed by atoms with Gasteiger partial charge in [-0.25, -0.2) is 0 Å². The second-order valence-electron chi connectivity index (χ2n) is 4.29. The van der Waals surface area contributed by atoms with Crippen LogP contribution < -0.4 is 10.6 Å². The second-order valence-corrected chi connectivity index (χ2v) is 4.29. The molecule has 102 valence electrons. The first kappa shape index (κ1) is 20.2. The summed E-state index contributed by atoms with van der Waals surface area (Å²) in [6.07, 6.45) is 7.68. The average Bonchev–Trinajstić information content (AvgIpc) is 2.27. The van der Waals surface area contributed by atoms with E-state index >= 15 is 0 Å². The van der Waals surface area contributed by atoms with E-state index in [4.69, 9.17) is 0 Å². The summed E-state index contributed by atoms with van der Waals surface area (Å²) < 4.78 is 0. The third kappa shape index (κ3) is 14.8. The van der Waals surface area contributed by atoms with Crippen molar-refractivity contribution in [3.63, 3.8) is 0 Å². The molecule has 0 amide bonds. The molecular weight excluding hydrogens is 269 g/mol. The quantitative estimate of drug-likeness (QED) is 0.673. The van der Waals surface area contributed by atoms with Crippen molar-refractivity contribution < 1.29 is 21.7 Å². The number of hydrogen-bond acceptors (Lipinski definition) is 2. The summed E-state index contributed by atoms with van der Waals surface area (Å²) in [5, 5.41) is 11.5. The molecule has 0 aromatic heterocycles. The van der Waals surface area contributed by atoms with Gasteiger partial charge in [0.15, 0.2) is 0 Å². The monoisotopic (exact) mass is 296 g/mol. The fraction of sp³-hybridized carbons (Fsp3) is 1.00. The molecule has 1 saturated heterocycles. The minimum atomic E-state index is 0. The topological polar surface area (TPSA) is 38.2 Å². The van der Waals surface area contributed by atoms with E-state index in [1.807, 2.05) is 0 Å². The molecule has 0 saturated carbocycles. The summed E-state index contributed by atoms with van der Waals surface area (Å²) in [7, 11) is 0.